The van der Waals surface area contributed by atoms with Crippen LogP contribution in [0.3, 0.4) is 0 Å². The van der Waals surface area contributed by atoms with Crippen molar-refractivity contribution in [2.45, 2.75) is 44.1 Å². The van der Waals surface area contributed by atoms with Crippen LogP contribution in [-0.2, 0) is 0 Å². The number of hydrogen-bond donors (Lipinski definition) is 0. The molecule has 2 aromatic rings. The van der Waals surface area contributed by atoms with Crippen LogP contribution in [0.5, 0.6) is 5.75 Å². The summed E-state index contributed by atoms with van der Waals surface area (Å²) in [5, 5.41) is 0. The first kappa shape index (κ1) is 15.3. The molecule has 0 radical (unpaired) electrons. The maximum atomic E-state index is 11.2. The second kappa shape index (κ2) is 6.31. The summed E-state index contributed by atoms with van der Waals surface area (Å²) in [6.07, 6.45) is 7.26. The van der Waals surface area contributed by atoms with E-state index in [2.05, 4.69) is 29.2 Å². The molecular weight excluding hydrogens is 298 g/mol. The molecule has 1 heterocycles. The van der Waals surface area contributed by atoms with Crippen LogP contribution in [-0.4, -0.2) is 19.4 Å². The zero-order chi connectivity index (χ0) is 16.5. The number of anilines is 2. The molecule has 1 saturated carbocycles. The van der Waals surface area contributed by atoms with Crippen molar-refractivity contribution in [2.24, 2.45) is 0 Å². The summed E-state index contributed by atoms with van der Waals surface area (Å²) in [7, 11) is 1.70. The molecular formula is C21H23NO2. The maximum absolute atomic E-state index is 11.2. The average molecular weight is 321 g/mol. The van der Waals surface area contributed by atoms with E-state index >= 15 is 0 Å². The van der Waals surface area contributed by atoms with Crippen molar-refractivity contribution in [1.82, 2.24) is 0 Å². The van der Waals surface area contributed by atoms with Gasteiger partial charge in [0.15, 0.2) is 0 Å². The monoisotopic (exact) mass is 321 g/mol. The number of carbonyl (C=O) groups is 1. The van der Waals surface area contributed by atoms with Gasteiger partial charge in [-0.25, -0.2) is 0 Å². The van der Waals surface area contributed by atoms with Gasteiger partial charge in [0.05, 0.1) is 7.11 Å². The van der Waals surface area contributed by atoms with Gasteiger partial charge >= 0.3 is 0 Å². The third kappa shape index (κ3) is 2.48. The zero-order valence-electron chi connectivity index (χ0n) is 14.1. The molecule has 2 atom stereocenters. The second-order valence-electron chi connectivity index (χ2n) is 6.82. The summed E-state index contributed by atoms with van der Waals surface area (Å²) < 4.78 is 5.30. The minimum Gasteiger partial charge on any atom is -0.497 e. The van der Waals surface area contributed by atoms with E-state index in [0.717, 1.165) is 17.6 Å². The Labute approximate surface area is 143 Å². The predicted molar refractivity (Wildman–Crippen MR) is 96.6 cm³/mol. The van der Waals surface area contributed by atoms with E-state index in [0.29, 0.717) is 12.0 Å². The summed E-state index contributed by atoms with van der Waals surface area (Å²) >= 11 is 0. The molecule has 2 aromatic carbocycles. The fourth-order valence-corrected chi connectivity index (χ4v) is 4.37. The lowest BCUT2D eigenvalue weighted by molar-refractivity contribution is 0.112. The Balaban J connectivity index is 1.81. The van der Waals surface area contributed by atoms with Crippen LogP contribution in [0, 0.1) is 0 Å². The first-order valence-corrected chi connectivity index (χ1v) is 8.84. The minimum atomic E-state index is 0.498. The number of rotatable bonds is 3. The van der Waals surface area contributed by atoms with Crippen molar-refractivity contribution in [1.29, 1.82) is 0 Å². The zero-order valence-corrected chi connectivity index (χ0v) is 14.1. The molecule has 0 amide bonds. The number of ether oxygens (including phenoxy) is 1. The Kier molecular flexibility index (Phi) is 4.01. The molecule has 24 heavy (non-hydrogen) atoms. The molecule has 0 saturated heterocycles. The van der Waals surface area contributed by atoms with E-state index in [-0.39, 0.29) is 0 Å². The second-order valence-corrected chi connectivity index (χ2v) is 6.82. The quantitative estimate of drug-likeness (QED) is 0.739. The summed E-state index contributed by atoms with van der Waals surface area (Å²) in [5.41, 5.74) is 4.61. The largest absolute Gasteiger partial charge is 0.497 e. The molecule has 0 N–H and O–H groups in total. The molecule has 0 bridgehead atoms. The van der Waals surface area contributed by atoms with Gasteiger partial charge in [-0.1, -0.05) is 19.3 Å². The molecule has 1 fully saturated rings. The Morgan fingerprint density at radius 3 is 2.58 bits per heavy atom. The topological polar surface area (TPSA) is 29.5 Å². The highest BCUT2D eigenvalue weighted by Crippen LogP contribution is 2.50. The number of methoxy groups -OCH3 is 1. The highest BCUT2D eigenvalue weighted by atomic mass is 16.5. The Morgan fingerprint density at radius 1 is 1.04 bits per heavy atom. The number of hydrogen-bond acceptors (Lipinski definition) is 3. The first-order valence-electron chi connectivity index (χ1n) is 8.84. The van der Waals surface area contributed by atoms with Crippen LogP contribution in [0.2, 0.25) is 0 Å². The maximum Gasteiger partial charge on any atom is 0.150 e. The van der Waals surface area contributed by atoms with Gasteiger partial charge in [-0.05, 0) is 60.9 Å². The molecule has 2 unspecified atom stereocenters. The van der Waals surface area contributed by atoms with Gasteiger partial charge in [-0.15, -0.1) is 0 Å². The van der Waals surface area contributed by atoms with Gasteiger partial charge < -0.3 is 9.64 Å². The fraction of sp³-hybridized carbons (Fsp3) is 0.381. The van der Waals surface area contributed by atoms with Crippen LogP contribution in [0.25, 0.3) is 0 Å². The highest BCUT2D eigenvalue weighted by Gasteiger charge is 2.39. The van der Waals surface area contributed by atoms with Crippen molar-refractivity contribution in [2.75, 3.05) is 12.0 Å². The van der Waals surface area contributed by atoms with Gasteiger partial charge in [0.1, 0.15) is 12.0 Å². The SMILES string of the molecule is COc1ccc(N2c3ccc(C=O)cc3C3CCCCCC32)cc1. The minimum absolute atomic E-state index is 0.498. The molecule has 0 spiro atoms. The van der Waals surface area contributed by atoms with Gasteiger partial charge in [0.25, 0.3) is 0 Å². The van der Waals surface area contributed by atoms with Crippen molar-refractivity contribution in [3.63, 3.8) is 0 Å². The van der Waals surface area contributed by atoms with E-state index in [4.69, 9.17) is 4.74 Å². The lowest BCUT2D eigenvalue weighted by atomic mass is 9.90. The normalized spacial score (nSPS) is 22.5. The number of carbonyl (C=O) groups excluding carboxylic acids is 1. The van der Waals surface area contributed by atoms with Crippen molar-refractivity contribution >= 4 is 17.7 Å². The molecule has 3 heteroatoms. The third-order valence-corrected chi connectivity index (χ3v) is 5.51. The lowest BCUT2D eigenvalue weighted by Gasteiger charge is -2.29. The summed E-state index contributed by atoms with van der Waals surface area (Å²) in [6, 6.07) is 15.0. The fourth-order valence-electron chi connectivity index (χ4n) is 4.37. The highest BCUT2D eigenvalue weighted by molar-refractivity contribution is 5.80. The molecule has 1 aliphatic heterocycles. The Bertz CT molecular complexity index is 738. The number of nitrogens with zero attached hydrogens (tertiary/aromatic N) is 1. The van der Waals surface area contributed by atoms with Crippen molar-refractivity contribution in [3.05, 3.63) is 53.6 Å². The van der Waals surface area contributed by atoms with Crippen molar-refractivity contribution in [3.8, 4) is 5.75 Å². The Hall–Kier alpha value is -2.29. The lowest BCUT2D eigenvalue weighted by Crippen LogP contribution is -2.29. The molecule has 3 nitrogen and oxygen atoms in total. The van der Waals surface area contributed by atoms with Gasteiger partial charge in [-0.3, -0.25) is 4.79 Å². The third-order valence-electron chi connectivity index (χ3n) is 5.51. The number of fused-ring (bicyclic) bond motifs is 3. The van der Waals surface area contributed by atoms with Crippen molar-refractivity contribution < 1.29 is 9.53 Å². The van der Waals surface area contributed by atoms with Crippen LogP contribution in [0.4, 0.5) is 11.4 Å². The van der Waals surface area contributed by atoms with E-state index < -0.39 is 0 Å². The van der Waals surface area contributed by atoms with Crippen LogP contribution >= 0.6 is 0 Å². The van der Waals surface area contributed by atoms with Crippen LogP contribution in [0.15, 0.2) is 42.5 Å². The standard InChI is InChI=1S/C21H23NO2/c1-24-17-10-8-16(9-11-17)22-20-6-4-2-3-5-18(20)19-13-15(14-23)7-12-21(19)22/h7-14,18,20H,2-6H2,1H3. The van der Waals surface area contributed by atoms with Gasteiger partial charge in [0, 0.05) is 28.9 Å². The first-order chi connectivity index (χ1) is 11.8. The summed E-state index contributed by atoms with van der Waals surface area (Å²) in [4.78, 5) is 13.7. The summed E-state index contributed by atoms with van der Waals surface area (Å²) in [5.74, 6) is 1.41. The van der Waals surface area contributed by atoms with E-state index in [1.165, 1.54) is 49.0 Å². The van der Waals surface area contributed by atoms with Gasteiger partial charge in [-0.2, -0.15) is 0 Å². The molecule has 0 aromatic heterocycles. The van der Waals surface area contributed by atoms with E-state index in [9.17, 15) is 4.79 Å². The van der Waals surface area contributed by atoms with E-state index in [1.54, 1.807) is 7.11 Å². The van der Waals surface area contributed by atoms with Crippen LogP contribution in [0.1, 0.15) is 53.9 Å². The molecule has 2 aliphatic rings. The van der Waals surface area contributed by atoms with Crippen LogP contribution < -0.4 is 9.64 Å². The molecule has 124 valence electrons. The summed E-state index contributed by atoms with van der Waals surface area (Å²) in [6.45, 7) is 0. The number of aldehydes is 1. The van der Waals surface area contributed by atoms with Gasteiger partial charge in [0.2, 0.25) is 0 Å². The van der Waals surface area contributed by atoms with E-state index in [1.807, 2.05) is 18.2 Å². The Morgan fingerprint density at radius 2 is 1.83 bits per heavy atom. The molecule has 4 rings (SSSR count). The average Bonchev–Trinajstić information content (AvgIpc) is 2.78. The molecule has 1 aliphatic carbocycles. The smallest absolute Gasteiger partial charge is 0.150 e. The number of benzene rings is 2. The predicted octanol–water partition coefficient (Wildman–Crippen LogP) is 5.08.